The van der Waals surface area contributed by atoms with Crippen LogP contribution < -0.4 is 10.6 Å². The average molecular weight is 278 g/mol. The van der Waals surface area contributed by atoms with Gasteiger partial charge < -0.3 is 10.6 Å². The van der Waals surface area contributed by atoms with E-state index in [0.717, 1.165) is 24.3 Å². The smallest absolute Gasteiger partial charge is 0.234 e. The third-order valence-corrected chi connectivity index (χ3v) is 4.24. The molecule has 2 N–H and O–H groups in total. The van der Waals surface area contributed by atoms with E-state index in [9.17, 15) is 4.79 Å². The maximum absolute atomic E-state index is 11.9. The third-order valence-electron chi connectivity index (χ3n) is 2.97. The van der Waals surface area contributed by atoms with Crippen LogP contribution in [0.2, 0.25) is 0 Å². The number of aryl methyl sites for hydroxylation is 1. The minimum atomic E-state index is 0.0654. The molecule has 2 rings (SSSR count). The topological polar surface area (TPSA) is 41.1 Å². The first-order valence-electron chi connectivity index (χ1n) is 6.75. The van der Waals surface area contributed by atoms with Gasteiger partial charge in [-0.3, -0.25) is 4.79 Å². The van der Waals surface area contributed by atoms with Crippen molar-refractivity contribution < 1.29 is 4.79 Å². The Morgan fingerprint density at radius 3 is 2.95 bits per heavy atom. The number of hydrogen-bond donors (Lipinski definition) is 2. The number of thioether (sulfide) groups is 1. The molecule has 1 aromatic rings. The summed E-state index contributed by atoms with van der Waals surface area (Å²) in [5.74, 6) is 0.560. The van der Waals surface area contributed by atoms with E-state index in [1.54, 1.807) is 11.8 Å². The summed E-state index contributed by atoms with van der Waals surface area (Å²) in [6.45, 7) is 7.37. The largest absolute Gasteiger partial charge is 0.385 e. The van der Waals surface area contributed by atoms with Crippen molar-refractivity contribution in [3.63, 3.8) is 0 Å². The molecule has 1 aliphatic heterocycles. The zero-order chi connectivity index (χ0) is 13.9. The normalized spacial score (nSPS) is 14.5. The minimum Gasteiger partial charge on any atom is -0.385 e. The Labute approximate surface area is 119 Å². The van der Waals surface area contributed by atoms with E-state index >= 15 is 0 Å². The van der Waals surface area contributed by atoms with E-state index in [4.69, 9.17) is 0 Å². The number of amides is 1. The van der Waals surface area contributed by atoms with Crippen LogP contribution in [0.3, 0.4) is 0 Å². The van der Waals surface area contributed by atoms with Gasteiger partial charge in [-0.2, -0.15) is 0 Å². The van der Waals surface area contributed by atoms with Crippen LogP contribution in [0.1, 0.15) is 32.8 Å². The summed E-state index contributed by atoms with van der Waals surface area (Å²) in [6.07, 6.45) is 2.30. The van der Waals surface area contributed by atoms with Gasteiger partial charge in [0.2, 0.25) is 5.91 Å². The first-order chi connectivity index (χ1) is 8.94. The van der Waals surface area contributed by atoms with Gasteiger partial charge in [0.25, 0.3) is 0 Å². The summed E-state index contributed by atoms with van der Waals surface area (Å²) >= 11 is 1.66. The molecular weight excluding hydrogens is 256 g/mol. The maximum atomic E-state index is 11.9. The number of fused-ring (bicyclic) bond motifs is 1. The molecule has 0 unspecified atom stereocenters. The monoisotopic (exact) mass is 278 g/mol. The highest BCUT2D eigenvalue weighted by Crippen LogP contribution is 2.26. The van der Waals surface area contributed by atoms with Crippen LogP contribution in [0.15, 0.2) is 18.2 Å². The molecule has 0 atom stereocenters. The highest BCUT2D eigenvalue weighted by Gasteiger charge is 2.14. The Morgan fingerprint density at radius 1 is 1.42 bits per heavy atom. The lowest BCUT2D eigenvalue weighted by atomic mass is 10.0. The van der Waals surface area contributed by atoms with Crippen LogP contribution in [0.25, 0.3) is 0 Å². The summed E-state index contributed by atoms with van der Waals surface area (Å²) in [4.78, 5) is 11.9. The van der Waals surface area contributed by atoms with E-state index in [2.05, 4.69) is 37.5 Å². The number of rotatable bonds is 3. The van der Waals surface area contributed by atoms with Crippen LogP contribution in [0, 0.1) is 0 Å². The van der Waals surface area contributed by atoms with Crippen molar-refractivity contribution in [1.82, 2.24) is 0 Å². The molecule has 0 bridgehead atoms. The molecule has 0 aliphatic carbocycles. The summed E-state index contributed by atoms with van der Waals surface area (Å²) in [5, 5.41) is 6.34. The van der Waals surface area contributed by atoms with Crippen molar-refractivity contribution in [2.75, 3.05) is 22.9 Å². The van der Waals surface area contributed by atoms with Crippen LogP contribution in [0.4, 0.5) is 11.4 Å². The number of anilines is 2. The van der Waals surface area contributed by atoms with Gasteiger partial charge in [-0.05, 0) is 30.5 Å². The highest BCUT2D eigenvalue weighted by molar-refractivity contribution is 8.01. The van der Waals surface area contributed by atoms with Crippen molar-refractivity contribution in [1.29, 1.82) is 0 Å². The quantitative estimate of drug-likeness (QED) is 0.889. The van der Waals surface area contributed by atoms with Crippen LogP contribution in [0.5, 0.6) is 0 Å². The van der Waals surface area contributed by atoms with Crippen LogP contribution in [-0.2, 0) is 11.2 Å². The molecular formula is C15H22N2OS. The highest BCUT2D eigenvalue weighted by atomic mass is 32.2. The van der Waals surface area contributed by atoms with Crippen molar-refractivity contribution in [2.24, 2.45) is 0 Å². The van der Waals surface area contributed by atoms with E-state index in [1.165, 1.54) is 12.0 Å². The molecule has 0 spiro atoms. The molecule has 1 heterocycles. The zero-order valence-corrected chi connectivity index (χ0v) is 12.7. The Morgan fingerprint density at radius 2 is 2.21 bits per heavy atom. The number of benzene rings is 1. The predicted octanol–water partition coefficient (Wildman–Crippen LogP) is 3.51. The molecule has 0 fully saturated rings. The standard InChI is InChI=1S/C15H22N2OS/c1-15(2,3)19-10-14(18)17-12-7-6-11-5-4-8-16-13(11)9-12/h6-7,9,16H,4-5,8,10H2,1-3H3,(H,17,18). The van der Waals surface area contributed by atoms with Gasteiger partial charge in [0.15, 0.2) is 0 Å². The van der Waals surface area contributed by atoms with Gasteiger partial charge in [-0.25, -0.2) is 0 Å². The summed E-state index contributed by atoms with van der Waals surface area (Å²) < 4.78 is 0.120. The fourth-order valence-electron chi connectivity index (χ4n) is 2.02. The molecule has 19 heavy (non-hydrogen) atoms. The van der Waals surface area contributed by atoms with Gasteiger partial charge in [0.05, 0.1) is 5.75 Å². The number of carbonyl (C=O) groups excluding carboxylic acids is 1. The lowest BCUT2D eigenvalue weighted by Crippen LogP contribution is -2.19. The fraction of sp³-hybridized carbons (Fsp3) is 0.533. The van der Waals surface area contributed by atoms with Gasteiger partial charge in [0.1, 0.15) is 0 Å². The number of hydrogen-bond acceptors (Lipinski definition) is 3. The Hall–Kier alpha value is -1.16. The second kappa shape index (κ2) is 5.87. The summed E-state index contributed by atoms with van der Waals surface area (Å²) in [5.41, 5.74) is 3.38. The predicted molar refractivity (Wildman–Crippen MR) is 84.1 cm³/mol. The summed E-state index contributed by atoms with van der Waals surface area (Å²) in [6, 6.07) is 6.13. The molecule has 0 saturated carbocycles. The first-order valence-corrected chi connectivity index (χ1v) is 7.73. The molecule has 3 nitrogen and oxygen atoms in total. The van der Waals surface area contributed by atoms with Crippen LogP contribution >= 0.6 is 11.8 Å². The van der Waals surface area contributed by atoms with Gasteiger partial charge in [-0.15, -0.1) is 11.8 Å². The van der Waals surface area contributed by atoms with E-state index in [0.29, 0.717) is 5.75 Å². The lowest BCUT2D eigenvalue weighted by Gasteiger charge is -2.19. The van der Waals surface area contributed by atoms with Crippen LogP contribution in [-0.4, -0.2) is 23.0 Å². The Kier molecular flexibility index (Phi) is 4.40. The number of carbonyl (C=O) groups is 1. The third kappa shape index (κ3) is 4.46. The van der Waals surface area contributed by atoms with Gasteiger partial charge in [-0.1, -0.05) is 26.8 Å². The molecule has 0 aromatic heterocycles. The SMILES string of the molecule is CC(C)(C)SCC(=O)Nc1ccc2c(c1)NCCC2. The lowest BCUT2D eigenvalue weighted by molar-refractivity contribution is -0.113. The molecule has 1 aromatic carbocycles. The van der Waals surface area contributed by atoms with Gasteiger partial charge >= 0.3 is 0 Å². The van der Waals surface area contributed by atoms with E-state index in [1.807, 2.05) is 12.1 Å². The van der Waals surface area contributed by atoms with Gasteiger partial charge in [0, 0.05) is 22.7 Å². The average Bonchev–Trinajstić information content (AvgIpc) is 2.35. The molecule has 1 aliphatic rings. The zero-order valence-electron chi connectivity index (χ0n) is 11.9. The maximum Gasteiger partial charge on any atom is 0.234 e. The second-order valence-electron chi connectivity index (χ2n) is 5.85. The molecule has 1 amide bonds. The van der Waals surface area contributed by atoms with Crippen molar-refractivity contribution in [3.05, 3.63) is 23.8 Å². The van der Waals surface area contributed by atoms with E-state index < -0.39 is 0 Å². The Balaban J connectivity index is 1.94. The minimum absolute atomic E-state index is 0.0654. The van der Waals surface area contributed by atoms with Crippen molar-refractivity contribution in [2.45, 2.75) is 38.4 Å². The van der Waals surface area contributed by atoms with Crippen molar-refractivity contribution >= 4 is 29.0 Å². The molecule has 0 radical (unpaired) electrons. The summed E-state index contributed by atoms with van der Waals surface area (Å²) in [7, 11) is 0. The molecule has 4 heteroatoms. The fourth-order valence-corrected chi connectivity index (χ4v) is 2.65. The van der Waals surface area contributed by atoms with Crippen molar-refractivity contribution in [3.8, 4) is 0 Å². The Bertz CT molecular complexity index is 466. The molecule has 104 valence electrons. The first kappa shape index (κ1) is 14.3. The second-order valence-corrected chi connectivity index (χ2v) is 7.65. The molecule has 0 saturated heterocycles. The van der Waals surface area contributed by atoms with E-state index in [-0.39, 0.29) is 10.7 Å². The number of nitrogens with one attached hydrogen (secondary N) is 2.